The summed E-state index contributed by atoms with van der Waals surface area (Å²) in [7, 11) is 0. The predicted octanol–water partition coefficient (Wildman–Crippen LogP) is 3.84. The molecule has 0 aromatic rings. The molecule has 0 rings (SSSR count). The van der Waals surface area contributed by atoms with Crippen LogP contribution in [0.1, 0.15) is 59.8 Å². The maximum Gasteiger partial charge on any atom is -0.00464 e. The smallest absolute Gasteiger partial charge is 0.00464 e. The van der Waals surface area contributed by atoms with Crippen molar-refractivity contribution in [3.05, 3.63) is 0 Å². The number of nitrogens with one attached hydrogen (secondary N) is 1. The van der Waals surface area contributed by atoms with Crippen molar-refractivity contribution >= 4 is 0 Å². The van der Waals surface area contributed by atoms with Gasteiger partial charge in [-0.25, -0.2) is 0 Å². The van der Waals surface area contributed by atoms with E-state index in [1.54, 1.807) is 0 Å². The lowest BCUT2D eigenvalue weighted by atomic mass is 9.97. The minimum atomic E-state index is 0.866. The average Bonchev–Trinajstić information content (AvgIpc) is 2.14. The van der Waals surface area contributed by atoms with Crippen LogP contribution in [0.2, 0.25) is 0 Å². The Kier molecular flexibility index (Phi) is 9.49. The molecule has 0 heterocycles. The summed E-state index contributed by atoms with van der Waals surface area (Å²) in [5, 5.41) is 3.50. The summed E-state index contributed by atoms with van der Waals surface area (Å²) in [6.07, 6.45) is 6.75. The van der Waals surface area contributed by atoms with Gasteiger partial charge >= 0.3 is 0 Å². The Hall–Kier alpha value is -0.0400. The van der Waals surface area contributed by atoms with Gasteiger partial charge in [-0.2, -0.15) is 0 Å². The van der Waals surface area contributed by atoms with E-state index < -0.39 is 0 Å². The standard InChI is InChI=1S/C13H29N/c1-5-6-10-14-11-9-13(4)8-7-12(2)3/h12-14H,5-11H2,1-4H3. The Bertz CT molecular complexity index is 110. The summed E-state index contributed by atoms with van der Waals surface area (Å²) < 4.78 is 0. The Morgan fingerprint density at radius 3 is 2.21 bits per heavy atom. The summed E-state index contributed by atoms with van der Waals surface area (Å²) >= 11 is 0. The molecule has 0 aliphatic heterocycles. The second kappa shape index (κ2) is 9.51. The van der Waals surface area contributed by atoms with Crippen LogP contribution < -0.4 is 5.32 Å². The molecule has 86 valence electrons. The first kappa shape index (κ1) is 14.0. The minimum Gasteiger partial charge on any atom is -0.317 e. The molecular formula is C13H29N. The third-order valence-electron chi connectivity index (χ3n) is 2.76. The molecule has 1 atom stereocenters. The molecule has 0 fully saturated rings. The van der Waals surface area contributed by atoms with Crippen molar-refractivity contribution in [2.45, 2.75) is 59.8 Å². The van der Waals surface area contributed by atoms with Crippen LogP contribution in [0.3, 0.4) is 0 Å². The molecular weight excluding hydrogens is 170 g/mol. The van der Waals surface area contributed by atoms with E-state index in [4.69, 9.17) is 0 Å². The van der Waals surface area contributed by atoms with Crippen molar-refractivity contribution in [3.63, 3.8) is 0 Å². The molecule has 0 aromatic heterocycles. The van der Waals surface area contributed by atoms with E-state index in [2.05, 4.69) is 33.0 Å². The van der Waals surface area contributed by atoms with E-state index in [1.165, 1.54) is 45.2 Å². The van der Waals surface area contributed by atoms with Gasteiger partial charge in [-0.15, -0.1) is 0 Å². The molecule has 0 saturated carbocycles. The summed E-state index contributed by atoms with van der Waals surface area (Å²) in [5.41, 5.74) is 0. The van der Waals surface area contributed by atoms with Crippen LogP contribution in [0, 0.1) is 11.8 Å². The van der Waals surface area contributed by atoms with Crippen molar-refractivity contribution in [2.75, 3.05) is 13.1 Å². The summed E-state index contributed by atoms with van der Waals surface area (Å²) in [6.45, 7) is 11.7. The van der Waals surface area contributed by atoms with Crippen molar-refractivity contribution in [3.8, 4) is 0 Å². The van der Waals surface area contributed by atoms with Crippen LogP contribution in [-0.2, 0) is 0 Å². The van der Waals surface area contributed by atoms with Gasteiger partial charge in [-0.3, -0.25) is 0 Å². The first-order chi connectivity index (χ1) is 6.66. The van der Waals surface area contributed by atoms with Gasteiger partial charge in [-0.05, 0) is 37.8 Å². The quantitative estimate of drug-likeness (QED) is 0.556. The Morgan fingerprint density at radius 2 is 1.64 bits per heavy atom. The highest BCUT2D eigenvalue weighted by Gasteiger charge is 2.02. The van der Waals surface area contributed by atoms with E-state index in [1.807, 2.05) is 0 Å². The number of unbranched alkanes of at least 4 members (excludes halogenated alkanes) is 1. The van der Waals surface area contributed by atoms with Gasteiger partial charge in [0.1, 0.15) is 0 Å². The Morgan fingerprint density at radius 1 is 0.929 bits per heavy atom. The van der Waals surface area contributed by atoms with Gasteiger partial charge in [-0.1, -0.05) is 47.0 Å². The maximum atomic E-state index is 3.50. The summed E-state index contributed by atoms with van der Waals surface area (Å²) in [6, 6.07) is 0. The molecule has 0 aliphatic carbocycles. The van der Waals surface area contributed by atoms with Gasteiger partial charge < -0.3 is 5.32 Å². The highest BCUT2D eigenvalue weighted by Crippen LogP contribution is 2.13. The molecule has 0 aliphatic rings. The average molecular weight is 199 g/mol. The van der Waals surface area contributed by atoms with E-state index >= 15 is 0 Å². The van der Waals surface area contributed by atoms with Crippen molar-refractivity contribution in [2.24, 2.45) is 11.8 Å². The maximum absolute atomic E-state index is 3.50. The van der Waals surface area contributed by atoms with Gasteiger partial charge in [0.15, 0.2) is 0 Å². The third kappa shape index (κ3) is 10.0. The van der Waals surface area contributed by atoms with E-state index in [9.17, 15) is 0 Å². The zero-order chi connectivity index (χ0) is 10.8. The largest absolute Gasteiger partial charge is 0.317 e. The van der Waals surface area contributed by atoms with E-state index in [0.717, 1.165) is 11.8 Å². The number of hydrogen-bond donors (Lipinski definition) is 1. The molecule has 0 radical (unpaired) electrons. The fraction of sp³-hybridized carbons (Fsp3) is 1.00. The van der Waals surface area contributed by atoms with Crippen LogP contribution in [0.25, 0.3) is 0 Å². The van der Waals surface area contributed by atoms with Gasteiger partial charge in [0, 0.05) is 0 Å². The van der Waals surface area contributed by atoms with Crippen molar-refractivity contribution in [1.29, 1.82) is 0 Å². The molecule has 0 spiro atoms. The lowest BCUT2D eigenvalue weighted by molar-refractivity contribution is 0.417. The van der Waals surface area contributed by atoms with Crippen LogP contribution in [-0.4, -0.2) is 13.1 Å². The Labute approximate surface area is 90.7 Å². The fourth-order valence-corrected chi connectivity index (χ4v) is 1.54. The Balaban J connectivity index is 3.14. The lowest BCUT2D eigenvalue weighted by Gasteiger charge is -2.13. The normalized spacial score (nSPS) is 13.5. The first-order valence-electron chi connectivity index (χ1n) is 6.37. The van der Waals surface area contributed by atoms with Gasteiger partial charge in [0.25, 0.3) is 0 Å². The number of hydrogen-bond acceptors (Lipinski definition) is 1. The lowest BCUT2D eigenvalue weighted by Crippen LogP contribution is -2.18. The third-order valence-corrected chi connectivity index (χ3v) is 2.76. The second-order valence-corrected chi connectivity index (χ2v) is 4.97. The second-order valence-electron chi connectivity index (χ2n) is 4.97. The van der Waals surface area contributed by atoms with Gasteiger partial charge in [0.05, 0.1) is 0 Å². The van der Waals surface area contributed by atoms with Crippen LogP contribution in [0.15, 0.2) is 0 Å². The highest BCUT2D eigenvalue weighted by atomic mass is 14.8. The zero-order valence-corrected chi connectivity index (χ0v) is 10.6. The molecule has 0 bridgehead atoms. The molecule has 0 saturated heterocycles. The molecule has 1 heteroatoms. The van der Waals surface area contributed by atoms with E-state index in [-0.39, 0.29) is 0 Å². The molecule has 1 unspecified atom stereocenters. The van der Waals surface area contributed by atoms with Crippen molar-refractivity contribution in [1.82, 2.24) is 5.32 Å². The van der Waals surface area contributed by atoms with Crippen LogP contribution in [0.5, 0.6) is 0 Å². The molecule has 1 N–H and O–H groups in total. The zero-order valence-electron chi connectivity index (χ0n) is 10.6. The molecule has 0 amide bonds. The summed E-state index contributed by atoms with van der Waals surface area (Å²) in [4.78, 5) is 0. The van der Waals surface area contributed by atoms with Crippen LogP contribution >= 0.6 is 0 Å². The monoisotopic (exact) mass is 199 g/mol. The topological polar surface area (TPSA) is 12.0 Å². The molecule has 0 aromatic carbocycles. The SMILES string of the molecule is CCCCNCCC(C)CCC(C)C. The number of rotatable bonds is 9. The highest BCUT2D eigenvalue weighted by molar-refractivity contribution is 4.58. The molecule has 1 nitrogen and oxygen atoms in total. The first-order valence-corrected chi connectivity index (χ1v) is 6.37. The predicted molar refractivity (Wildman–Crippen MR) is 65.6 cm³/mol. The summed E-state index contributed by atoms with van der Waals surface area (Å²) in [5.74, 6) is 1.76. The van der Waals surface area contributed by atoms with Gasteiger partial charge in [0.2, 0.25) is 0 Å². The van der Waals surface area contributed by atoms with E-state index in [0.29, 0.717) is 0 Å². The van der Waals surface area contributed by atoms with Crippen molar-refractivity contribution < 1.29 is 0 Å². The fourth-order valence-electron chi connectivity index (χ4n) is 1.54. The molecule has 14 heavy (non-hydrogen) atoms. The van der Waals surface area contributed by atoms with Crippen LogP contribution in [0.4, 0.5) is 0 Å². The minimum absolute atomic E-state index is 0.866.